The maximum Gasteiger partial charge on any atom is 0.247 e. The van der Waals surface area contributed by atoms with Crippen molar-refractivity contribution in [2.24, 2.45) is 11.7 Å². The van der Waals surface area contributed by atoms with E-state index in [1.807, 2.05) is 0 Å². The van der Waals surface area contributed by atoms with Gasteiger partial charge in [-0.3, -0.25) is 9.52 Å². The van der Waals surface area contributed by atoms with Gasteiger partial charge in [-0.05, 0) is 30.7 Å². The molecule has 0 bridgehead atoms. The molecule has 14 heavy (non-hydrogen) atoms. The zero-order valence-electron chi connectivity index (χ0n) is 8.95. The zero-order chi connectivity index (χ0) is 10.6. The van der Waals surface area contributed by atoms with E-state index in [0.29, 0.717) is 11.2 Å². The molecule has 0 radical (unpaired) electrons. The van der Waals surface area contributed by atoms with Gasteiger partial charge in [0.2, 0.25) is 5.91 Å². The number of amides is 1. The van der Waals surface area contributed by atoms with Crippen LogP contribution in [0.15, 0.2) is 0 Å². The van der Waals surface area contributed by atoms with Crippen LogP contribution >= 0.6 is 11.9 Å². The van der Waals surface area contributed by atoms with Crippen molar-refractivity contribution in [2.45, 2.75) is 50.8 Å². The molecular formula is C10H20N2OS. The summed E-state index contributed by atoms with van der Waals surface area (Å²) in [5.74, 6) is 0.311. The Labute approximate surface area is 90.3 Å². The van der Waals surface area contributed by atoms with Gasteiger partial charge >= 0.3 is 0 Å². The van der Waals surface area contributed by atoms with E-state index in [0.717, 1.165) is 12.8 Å². The van der Waals surface area contributed by atoms with Gasteiger partial charge in [0.05, 0.1) is 6.04 Å². The number of nitrogens with one attached hydrogen (secondary N) is 1. The molecule has 1 amide bonds. The monoisotopic (exact) mass is 216 g/mol. The van der Waals surface area contributed by atoms with Crippen molar-refractivity contribution in [2.75, 3.05) is 0 Å². The van der Waals surface area contributed by atoms with Crippen molar-refractivity contribution in [3.05, 3.63) is 0 Å². The highest BCUT2D eigenvalue weighted by Crippen LogP contribution is 2.31. The smallest absolute Gasteiger partial charge is 0.247 e. The third kappa shape index (κ3) is 3.50. The number of carbonyl (C=O) groups is 1. The minimum absolute atomic E-state index is 0.00407. The minimum Gasteiger partial charge on any atom is -0.320 e. The summed E-state index contributed by atoms with van der Waals surface area (Å²) in [5, 5.41) is 0.646. The SMILES string of the molecule is CCC(CC)C(N)C(=O)NSC1CC1. The predicted molar refractivity (Wildman–Crippen MR) is 60.8 cm³/mol. The molecule has 1 atom stereocenters. The summed E-state index contributed by atoms with van der Waals surface area (Å²) < 4.78 is 2.85. The zero-order valence-corrected chi connectivity index (χ0v) is 9.77. The van der Waals surface area contributed by atoms with E-state index in [1.54, 1.807) is 0 Å². The molecule has 0 aromatic rings. The van der Waals surface area contributed by atoms with Crippen molar-refractivity contribution in [1.29, 1.82) is 0 Å². The Morgan fingerprint density at radius 3 is 2.50 bits per heavy atom. The fourth-order valence-corrected chi connectivity index (χ4v) is 2.20. The van der Waals surface area contributed by atoms with Gasteiger partial charge in [0, 0.05) is 5.25 Å². The molecule has 1 unspecified atom stereocenters. The molecule has 1 aliphatic rings. The lowest BCUT2D eigenvalue weighted by Gasteiger charge is -2.19. The Morgan fingerprint density at radius 1 is 1.50 bits per heavy atom. The molecule has 0 heterocycles. The topological polar surface area (TPSA) is 55.1 Å². The number of carbonyl (C=O) groups excluding carboxylic acids is 1. The summed E-state index contributed by atoms with van der Waals surface area (Å²) in [4.78, 5) is 11.6. The molecule has 1 rings (SSSR count). The average molecular weight is 216 g/mol. The molecule has 0 spiro atoms. The van der Waals surface area contributed by atoms with Crippen molar-refractivity contribution in [1.82, 2.24) is 4.72 Å². The summed E-state index contributed by atoms with van der Waals surface area (Å²) in [5.41, 5.74) is 5.86. The van der Waals surface area contributed by atoms with Crippen LogP contribution in [0.5, 0.6) is 0 Å². The quantitative estimate of drug-likeness (QED) is 0.664. The first-order valence-corrected chi connectivity index (χ1v) is 6.28. The molecule has 3 N–H and O–H groups in total. The lowest BCUT2D eigenvalue weighted by Crippen LogP contribution is -2.43. The van der Waals surface area contributed by atoms with Crippen molar-refractivity contribution < 1.29 is 4.79 Å². The summed E-state index contributed by atoms with van der Waals surface area (Å²) in [7, 11) is 0. The number of hydrogen-bond donors (Lipinski definition) is 2. The maximum absolute atomic E-state index is 11.6. The van der Waals surface area contributed by atoms with Gasteiger partial charge < -0.3 is 5.73 Å². The molecule has 82 valence electrons. The second kappa shape index (κ2) is 5.61. The predicted octanol–water partition coefficient (Wildman–Crippen LogP) is 1.68. The molecular weight excluding hydrogens is 196 g/mol. The molecule has 1 fully saturated rings. The Morgan fingerprint density at radius 2 is 2.07 bits per heavy atom. The van der Waals surface area contributed by atoms with Crippen molar-refractivity contribution in [3.63, 3.8) is 0 Å². The van der Waals surface area contributed by atoms with Gasteiger partial charge in [-0.15, -0.1) is 0 Å². The van der Waals surface area contributed by atoms with Crippen LogP contribution in [0, 0.1) is 5.92 Å². The Kier molecular flexibility index (Phi) is 4.75. The average Bonchev–Trinajstić information content (AvgIpc) is 2.99. The number of nitrogens with two attached hydrogens (primary N) is 1. The molecule has 4 heteroatoms. The molecule has 0 saturated heterocycles. The van der Waals surface area contributed by atoms with Gasteiger partial charge in [0.1, 0.15) is 0 Å². The van der Waals surface area contributed by atoms with Crippen LogP contribution in [-0.2, 0) is 4.79 Å². The Bertz CT molecular complexity index is 191. The van der Waals surface area contributed by atoms with Crippen LogP contribution in [-0.4, -0.2) is 17.2 Å². The van der Waals surface area contributed by atoms with Gasteiger partial charge in [-0.2, -0.15) is 0 Å². The van der Waals surface area contributed by atoms with E-state index >= 15 is 0 Å². The van der Waals surface area contributed by atoms with Crippen molar-refractivity contribution in [3.8, 4) is 0 Å². The fourth-order valence-electron chi connectivity index (χ4n) is 1.41. The summed E-state index contributed by atoms with van der Waals surface area (Å²) in [6.07, 6.45) is 4.40. The minimum atomic E-state index is -0.337. The van der Waals surface area contributed by atoms with E-state index in [-0.39, 0.29) is 11.9 Å². The Hall–Kier alpha value is -0.220. The first kappa shape index (κ1) is 11.9. The molecule has 1 saturated carbocycles. The van der Waals surface area contributed by atoms with E-state index in [2.05, 4.69) is 18.6 Å². The van der Waals surface area contributed by atoms with Crippen LogP contribution in [0.3, 0.4) is 0 Å². The molecule has 0 aromatic carbocycles. The summed E-state index contributed by atoms with van der Waals surface area (Å²) >= 11 is 1.54. The van der Waals surface area contributed by atoms with E-state index in [1.165, 1.54) is 24.8 Å². The highest BCUT2D eigenvalue weighted by Gasteiger charge is 2.26. The normalized spacial score (nSPS) is 18.3. The van der Waals surface area contributed by atoms with Gasteiger partial charge in [0.25, 0.3) is 0 Å². The number of hydrogen-bond acceptors (Lipinski definition) is 3. The summed E-state index contributed by atoms with van der Waals surface area (Å²) in [6, 6.07) is -0.337. The third-order valence-corrected chi connectivity index (χ3v) is 3.83. The van der Waals surface area contributed by atoms with Crippen LogP contribution in [0.2, 0.25) is 0 Å². The van der Waals surface area contributed by atoms with Gasteiger partial charge in [-0.25, -0.2) is 0 Å². The second-order valence-corrected chi connectivity index (χ2v) is 4.99. The first-order chi connectivity index (χ1) is 6.69. The lowest BCUT2D eigenvalue weighted by molar-refractivity contribution is -0.121. The lowest BCUT2D eigenvalue weighted by atomic mass is 9.95. The molecule has 3 nitrogen and oxygen atoms in total. The maximum atomic E-state index is 11.6. The fraction of sp³-hybridized carbons (Fsp3) is 0.900. The van der Waals surface area contributed by atoms with Crippen LogP contribution in [0.25, 0.3) is 0 Å². The summed E-state index contributed by atoms with van der Waals surface area (Å²) in [6.45, 7) is 4.16. The van der Waals surface area contributed by atoms with Crippen LogP contribution in [0.4, 0.5) is 0 Å². The highest BCUT2D eigenvalue weighted by molar-refractivity contribution is 7.98. The second-order valence-electron chi connectivity index (χ2n) is 3.89. The largest absolute Gasteiger partial charge is 0.320 e. The van der Waals surface area contributed by atoms with E-state index in [4.69, 9.17) is 5.73 Å². The standard InChI is InChI=1S/C10H20N2OS/c1-3-7(4-2)9(11)10(13)12-14-8-5-6-8/h7-9H,3-6,11H2,1-2H3,(H,12,13). The third-order valence-electron chi connectivity index (χ3n) is 2.71. The highest BCUT2D eigenvalue weighted by atomic mass is 32.2. The molecule has 0 aromatic heterocycles. The Balaban J connectivity index is 2.25. The van der Waals surface area contributed by atoms with Gasteiger partial charge in [0.15, 0.2) is 0 Å². The first-order valence-electron chi connectivity index (χ1n) is 5.40. The molecule has 0 aliphatic heterocycles. The van der Waals surface area contributed by atoms with Crippen molar-refractivity contribution >= 4 is 17.9 Å². The van der Waals surface area contributed by atoms with Crippen LogP contribution in [0.1, 0.15) is 39.5 Å². The molecule has 1 aliphatic carbocycles. The van der Waals surface area contributed by atoms with E-state index in [9.17, 15) is 4.79 Å². The van der Waals surface area contributed by atoms with Gasteiger partial charge in [-0.1, -0.05) is 26.7 Å². The number of rotatable bonds is 6. The van der Waals surface area contributed by atoms with E-state index < -0.39 is 0 Å². The van der Waals surface area contributed by atoms with Crippen LogP contribution < -0.4 is 10.5 Å².